The van der Waals surface area contributed by atoms with Crippen LogP contribution in [0.5, 0.6) is 0 Å². The predicted molar refractivity (Wildman–Crippen MR) is 99.4 cm³/mol. The Morgan fingerprint density at radius 1 is 1.04 bits per heavy atom. The van der Waals surface area contributed by atoms with Crippen LogP contribution in [0, 0.1) is 0 Å². The summed E-state index contributed by atoms with van der Waals surface area (Å²) < 4.78 is 1.27. The third-order valence-corrected chi connectivity index (χ3v) is 4.81. The normalized spacial score (nSPS) is 14.6. The lowest BCUT2D eigenvalue weighted by molar-refractivity contribution is -0.130. The van der Waals surface area contributed by atoms with Gasteiger partial charge in [0.1, 0.15) is 5.56 Å². The molecule has 8 nitrogen and oxygen atoms in total. The Hall–Kier alpha value is -3.42. The maximum absolute atomic E-state index is 13.0. The van der Waals surface area contributed by atoms with Crippen molar-refractivity contribution in [3.8, 4) is 11.3 Å². The Morgan fingerprint density at radius 3 is 2.37 bits per heavy atom. The molecule has 0 saturated carbocycles. The first kappa shape index (κ1) is 17.0. The third-order valence-electron chi connectivity index (χ3n) is 4.81. The molecule has 138 valence electrons. The molecule has 1 aliphatic heterocycles. The zero-order chi connectivity index (χ0) is 19.0. The molecule has 1 fully saturated rings. The molecule has 4 rings (SSSR count). The second kappa shape index (κ2) is 6.71. The van der Waals surface area contributed by atoms with E-state index >= 15 is 0 Å². The highest BCUT2D eigenvalue weighted by Gasteiger charge is 2.26. The maximum Gasteiger partial charge on any atom is 0.273 e. The van der Waals surface area contributed by atoms with E-state index in [0.717, 1.165) is 5.56 Å². The average Bonchev–Trinajstić information content (AvgIpc) is 3.13. The topological polar surface area (TPSA) is 90.8 Å². The van der Waals surface area contributed by atoms with Gasteiger partial charge in [-0.05, 0) is 0 Å². The number of hydrogen-bond acceptors (Lipinski definition) is 4. The van der Waals surface area contributed by atoms with Gasteiger partial charge in [0.25, 0.3) is 11.5 Å². The van der Waals surface area contributed by atoms with E-state index < -0.39 is 0 Å². The van der Waals surface area contributed by atoms with Gasteiger partial charge in [0, 0.05) is 50.9 Å². The van der Waals surface area contributed by atoms with Gasteiger partial charge >= 0.3 is 0 Å². The number of nitrogens with zero attached hydrogens (tertiary/aromatic N) is 4. The van der Waals surface area contributed by atoms with E-state index in [-0.39, 0.29) is 17.4 Å². The van der Waals surface area contributed by atoms with Crippen molar-refractivity contribution in [3.63, 3.8) is 0 Å². The summed E-state index contributed by atoms with van der Waals surface area (Å²) in [6.45, 7) is 3.45. The van der Waals surface area contributed by atoms with E-state index in [4.69, 9.17) is 0 Å². The molecular weight excluding hydrogens is 346 g/mol. The number of fused-ring (bicyclic) bond motifs is 1. The highest BCUT2D eigenvalue weighted by atomic mass is 16.2. The Morgan fingerprint density at radius 2 is 1.70 bits per heavy atom. The summed E-state index contributed by atoms with van der Waals surface area (Å²) in [5.74, 6) is -0.191. The molecule has 3 heterocycles. The van der Waals surface area contributed by atoms with Gasteiger partial charge in [0.15, 0.2) is 5.65 Å². The van der Waals surface area contributed by atoms with Gasteiger partial charge in [-0.25, -0.2) is 9.50 Å². The second-order valence-corrected chi connectivity index (χ2v) is 6.49. The van der Waals surface area contributed by atoms with E-state index in [9.17, 15) is 14.4 Å². The third kappa shape index (κ3) is 3.10. The molecule has 0 radical (unpaired) electrons. The van der Waals surface area contributed by atoms with E-state index in [1.54, 1.807) is 9.80 Å². The van der Waals surface area contributed by atoms with Crippen molar-refractivity contribution in [2.75, 3.05) is 26.2 Å². The zero-order valence-electron chi connectivity index (χ0n) is 14.9. The lowest BCUT2D eigenvalue weighted by Crippen LogP contribution is -2.50. The number of rotatable bonds is 2. The van der Waals surface area contributed by atoms with E-state index in [2.05, 4.69) is 10.1 Å². The number of piperazine rings is 1. The van der Waals surface area contributed by atoms with Gasteiger partial charge in [-0.3, -0.25) is 19.5 Å². The highest BCUT2D eigenvalue weighted by Crippen LogP contribution is 2.18. The van der Waals surface area contributed by atoms with Crippen LogP contribution in [0.15, 0.2) is 47.4 Å². The van der Waals surface area contributed by atoms with Crippen molar-refractivity contribution < 1.29 is 9.59 Å². The van der Waals surface area contributed by atoms with Crippen LogP contribution in [-0.4, -0.2) is 62.4 Å². The van der Waals surface area contributed by atoms with Gasteiger partial charge in [-0.1, -0.05) is 30.3 Å². The minimum absolute atomic E-state index is 0.00918. The van der Waals surface area contributed by atoms with Gasteiger partial charge in [-0.2, -0.15) is 0 Å². The van der Waals surface area contributed by atoms with Crippen LogP contribution in [0.1, 0.15) is 17.3 Å². The molecule has 1 aliphatic rings. The first-order chi connectivity index (χ1) is 13.0. The number of nitrogens with one attached hydrogen (secondary N) is 1. The van der Waals surface area contributed by atoms with Crippen molar-refractivity contribution in [2.24, 2.45) is 0 Å². The number of benzene rings is 1. The van der Waals surface area contributed by atoms with Crippen molar-refractivity contribution in [2.45, 2.75) is 6.92 Å². The first-order valence-electron chi connectivity index (χ1n) is 8.76. The molecule has 2 amide bonds. The standard InChI is InChI=1S/C19H19N5O3/c1-13(25)22-7-9-23(10-8-22)19(27)15-12-20-24-17(26)11-16(21-18(15)24)14-5-3-2-4-6-14/h2-6,11-12,20H,7-10H2,1H3. The molecule has 1 N–H and O–H groups in total. The van der Waals surface area contributed by atoms with Crippen molar-refractivity contribution in [1.29, 1.82) is 0 Å². The summed E-state index contributed by atoms with van der Waals surface area (Å²) in [4.78, 5) is 44.8. The molecule has 1 saturated heterocycles. The van der Waals surface area contributed by atoms with Crippen LogP contribution in [0.25, 0.3) is 16.9 Å². The van der Waals surface area contributed by atoms with Crippen molar-refractivity contribution >= 4 is 17.5 Å². The number of hydrogen-bond donors (Lipinski definition) is 1. The summed E-state index contributed by atoms with van der Waals surface area (Å²) in [5, 5.41) is 2.81. The van der Waals surface area contributed by atoms with Crippen LogP contribution >= 0.6 is 0 Å². The van der Waals surface area contributed by atoms with Gasteiger partial charge in [0.2, 0.25) is 5.91 Å². The fraction of sp³-hybridized carbons (Fsp3) is 0.263. The summed E-state index contributed by atoms with van der Waals surface area (Å²) >= 11 is 0. The molecular formula is C19H19N5O3. The fourth-order valence-corrected chi connectivity index (χ4v) is 3.29. The summed E-state index contributed by atoms with van der Waals surface area (Å²) in [5.41, 5.74) is 1.71. The van der Waals surface area contributed by atoms with E-state index in [1.807, 2.05) is 30.3 Å². The zero-order valence-corrected chi connectivity index (χ0v) is 14.9. The van der Waals surface area contributed by atoms with Crippen molar-refractivity contribution in [1.82, 2.24) is 24.4 Å². The second-order valence-electron chi connectivity index (χ2n) is 6.49. The largest absolute Gasteiger partial charge is 0.339 e. The minimum atomic E-state index is -0.278. The molecule has 0 atom stereocenters. The van der Waals surface area contributed by atoms with Gasteiger partial charge in [0.05, 0.1) is 5.69 Å². The van der Waals surface area contributed by atoms with Crippen LogP contribution in [0.3, 0.4) is 0 Å². The highest BCUT2D eigenvalue weighted by molar-refractivity contribution is 6.00. The molecule has 0 aliphatic carbocycles. The van der Waals surface area contributed by atoms with E-state index in [1.165, 1.54) is 23.7 Å². The van der Waals surface area contributed by atoms with Crippen molar-refractivity contribution in [3.05, 3.63) is 58.5 Å². The number of carbonyl (C=O) groups is 2. The maximum atomic E-state index is 13.0. The van der Waals surface area contributed by atoms with E-state index in [0.29, 0.717) is 43.1 Å². The minimum Gasteiger partial charge on any atom is -0.339 e. The number of aromatic nitrogens is 3. The smallest absolute Gasteiger partial charge is 0.273 e. The molecule has 8 heteroatoms. The molecule has 0 spiro atoms. The van der Waals surface area contributed by atoms with Crippen LogP contribution in [0.4, 0.5) is 0 Å². The number of amides is 2. The van der Waals surface area contributed by atoms with Crippen LogP contribution < -0.4 is 5.56 Å². The van der Waals surface area contributed by atoms with Gasteiger partial charge in [-0.15, -0.1) is 0 Å². The Kier molecular flexibility index (Phi) is 4.23. The summed E-state index contributed by atoms with van der Waals surface area (Å²) in [6.07, 6.45) is 1.51. The predicted octanol–water partition coefficient (Wildman–Crippen LogP) is 0.994. The molecule has 3 aromatic rings. The van der Waals surface area contributed by atoms with Gasteiger partial charge < -0.3 is 9.80 Å². The molecule has 0 bridgehead atoms. The SMILES string of the molecule is CC(=O)N1CCN(C(=O)c2c[nH]n3c(=O)cc(-c4ccccc4)nc23)CC1. The lowest BCUT2D eigenvalue weighted by Gasteiger charge is -2.34. The number of aromatic amines is 1. The Bertz CT molecular complexity index is 1060. The lowest BCUT2D eigenvalue weighted by atomic mass is 10.1. The van der Waals surface area contributed by atoms with Crippen LogP contribution in [0.2, 0.25) is 0 Å². The average molecular weight is 365 g/mol. The Balaban J connectivity index is 1.68. The Labute approximate surface area is 155 Å². The summed E-state index contributed by atoms with van der Waals surface area (Å²) in [7, 11) is 0. The molecule has 27 heavy (non-hydrogen) atoms. The quantitative estimate of drug-likeness (QED) is 0.733. The van der Waals surface area contributed by atoms with Crippen LogP contribution in [-0.2, 0) is 4.79 Å². The molecule has 2 aromatic heterocycles. The first-order valence-corrected chi connectivity index (χ1v) is 8.76. The molecule has 0 unspecified atom stereocenters. The molecule has 1 aromatic carbocycles. The fourth-order valence-electron chi connectivity index (χ4n) is 3.29. The number of carbonyl (C=O) groups excluding carboxylic acids is 2. The number of H-pyrrole nitrogens is 1. The summed E-state index contributed by atoms with van der Waals surface area (Å²) in [6, 6.07) is 10.8. The monoisotopic (exact) mass is 365 g/mol.